The maximum atomic E-state index is 10.5. The topological polar surface area (TPSA) is 29.4 Å². The third-order valence-electron chi connectivity index (χ3n) is 3.26. The van der Waals surface area contributed by atoms with Crippen molar-refractivity contribution in [2.24, 2.45) is 4.99 Å². The number of carbonyl (C=O) groups excluding carboxylic acids is 1. The van der Waals surface area contributed by atoms with Gasteiger partial charge in [0, 0.05) is 4.90 Å². The summed E-state index contributed by atoms with van der Waals surface area (Å²) in [5.41, 5.74) is 2.58. The molecule has 2 nitrogen and oxygen atoms in total. The normalized spacial score (nSPS) is 10.2. The van der Waals surface area contributed by atoms with E-state index in [1.807, 2.05) is 36.4 Å². The van der Waals surface area contributed by atoms with Crippen LogP contribution in [0.1, 0.15) is 0 Å². The van der Waals surface area contributed by atoms with Crippen LogP contribution in [0.2, 0.25) is 0 Å². The summed E-state index contributed by atoms with van der Waals surface area (Å²) in [6, 6.07) is 19.9. The lowest BCUT2D eigenvalue weighted by Crippen LogP contribution is -1.83. The van der Waals surface area contributed by atoms with Gasteiger partial charge in [0.1, 0.15) is 0 Å². The van der Waals surface area contributed by atoms with Crippen molar-refractivity contribution in [2.75, 3.05) is 0 Å². The Morgan fingerprint density at radius 2 is 1.55 bits per heavy atom. The average Bonchev–Trinajstić information content (AvgIpc) is 2.49. The Hall–Kier alpha value is -2.35. The molecule has 0 saturated carbocycles. The van der Waals surface area contributed by atoms with E-state index >= 15 is 0 Å². The summed E-state index contributed by atoms with van der Waals surface area (Å²) >= 11 is 4.51. The van der Waals surface area contributed by atoms with Crippen molar-refractivity contribution < 1.29 is 4.79 Å². The fourth-order valence-electron chi connectivity index (χ4n) is 2.35. The van der Waals surface area contributed by atoms with E-state index in [0.717, 1.165) is 16.5 Å². The molecule has 0 aliphatic heterocycles. The second-order valence-electron chi connectivity index (χ2n) is 4.40. The highest BCUT2D eigenvalue weighted by Gasteiger charge is 2.09. The molecule has 0 atom stereocenters. The second kappa shape index (κ2) is 5.33. The van der Waals surface area contributed by atoms with Crippen LogP contribution in [-0.4, -0.2) is 6.08 Å². The Morgan fingerprint density at radius 3 is 2.40 bits per heavy atom. The molecule has 20 heavy (non-hydrogen) atoms. The van der Waals surface area contributed by atoms with E-state index in [1.54, 1.807) is 12.1 Å². The molecule has 3 aromatic rings. The Morgan fingerprint density at radius 1 is 0.850 bits per heavy atom. The molecule has 0 spiro atoms. The van der Waals surface area contributed by atoms with Crippen molar-refractivity contribution in [3.63, 3.8) is 0 Å². The summed E-state index contributed by atoms with van der Waals surface area (Å²) in [4.78, 5) is 14.8. The minimum Gasteiger partial charge on any atom is -0.211 e. The van der Waals surface area contributed by atoms with Gasteiger partial charge in [-0.3, -0.25) is 0 Å². The zero-order valence-corrected chi connectivity index (χ0v) is 11.5. The maximum Gasteiger partial charge on any atom is 0.240 e. The van der Waals surface area contributed by atoms with E-state index in [0.29, 0.717) is 10.6 Å². The summed E-state index contributed by atoms with van der Waals surface area (Å²) in [5, 5.41) is 2.32. The molecular formula is C17H11NOS. The monoisotopic (exact) mass is 277 g/mol. The van der Waals surface area contributed by atoms with Crippen LogP contribution in [0.5, 0.6) is 0 Å². The van der Waals surface area contributed by atoms with Crippen molar-refractivity contribution in [2.45, 2.75) is 4.90 Å². The quantitative estimate of drug-likeness (QED) is 0.408. The van der Waals surface area contributed by atoms with Crippen LogP contribution in [0.4, 0.5) is 5.69 Å². The van der Waals surface area contributed by atoms with E-state index < -0.39 is 0 Å². The minimum atomic E-state index is 0.536. The summed E-state index contributed by atoms with van der Waals surface area (Å²) in [6.45, 7) is 0. The number of hydrogen-bond acceptors (Lipinski definition) is 3. The molecule has 0 saturated heterocycles. The number of isocyanates is 1. The smallest absolute Gasteiger partial charge is 0.211 e. The number of thiol groups is 1. The van der Waals surface area contributed by atoms with Gasteiger partial charge in [-0.1, -0.05) is 54.6 Å². The molecule has 0 bridgehead atoms. The van der Waals surface area contributed by atoms with Gasteiger partial charge >= 0.3 is 0 Å². The summed E-state index contributed by atoms with van der Waals surface area (Å²) < 4.78 is 0. The molecule has 0 fully saturated rings. The highest BCUT2D eigenvalue weighted by atomic mass is 32.1. The largest absolute Gasteiger partial charge is 0.240 e. The molecule has 0 aromatic heterocycles. The lowest BCUT2D eigenvalue weighted by Gasteiger charge is -2.10. The molecule has 0 heterocycles. The van der Waals surface area contributed by atoms with Crippen molar-refractivity contribution in [3.05, 3.63) is 60.7 Å². The molecular weight excluding hydrogens is 266 g/mol. The fourth-order valence-corrected chi connectivity index (χ4v) is 2.67. The van der Waals surface area contributed by atoms with Gasteiger partial charge < -0.3 is 0 Å². The standard InChI is InChI=1S/C17H11NOS/c19-11-18-16-10-4-9-15(17(16)20)14-8-3-6-12-5-1-2-7-13(12)14/h1-10,20H. The Bertz CT molecular complexity index is 830. The molecule has 0 amide bonds. The van der Waals surface area contributed by atoms with Crippen molar-refractivity contribution in [1.82, 2.24) is 0 Å². The molecule has 3 aromatic carbocycles. The highest BCUT2D eigenvalue weighted by Crippen LogP contribution is 2.37. The molecule has 0 radical (unpaired) electrons. The van der Waals surface area contributed by atoms with Crippen LogP contribution < -0.4 is 0 Å². The zero-order valence-electron chi connectivity index (χ0n) is 10.6. The first-order valence-corrected chi connectivity index (χ1v) is 6.64. The zero-order chi connectivity index (χ0) is 13.9. The van der Waals surface area contributed by atoms with Gasteiger partial charge in [0.15, 0.2) is 0 Å². The predicted molar refractivity (Wildman–Crippen MR) is 84.4 cm³/mol. The van der Waals surface area contributed by atoms with Gasteiger partial charge in [-0.25, -0.2) is 4.79 Å². The van der Waals surface area contributed by atoms with Crippen molar-refractivity contribution in [3.8, 4) is 11.1 Å². The van der Waals surface area contributed by atoms with Crippen LogP contribution in [0.15, 0.2) is 70.6 Å². The van der Waals surface area contributed by atoms with Gasteiger partial charge in [-0.15, -0.1) is 12.6 Å². The number of fused-ring (bicyclic) bond motifs is 1. The minimum absolute atomic E-state index is 0.536. The van der Waals surface area contributed by atoms with Crippen LogP contribution in [-0.2, 0) is 4.79 Å². The van der Waals surface area contributed by atoms with Crippen molar-refractivity contribution >= 4 is 35.2 Å². The maximum absolute atomic E-state index is 10.5. The Balaban J connectivity index is 2.31. The first-order chi connectivity index (χ1) is 9.81. The molecule has 3 rings (SSSR count). The first-order valence-electron chi connectivity index (χ1n) is 6.19. The number of benzene rings is 3. The van der Waals surface area contributed by atoms with Gasteiger partial charge in [-0.2, -0.15) is 4.99 Å². The molecule has 0 aliphatic carbocycles. The number of aliphatic imine (C=N–C) groups is 1. The van der Waals surface area contributed by atoms with Crippen LogP contribution in [0, 0.1) is 0 Å². The molecule has 96 valence electrons. The van der Waals surface area contributed by atoms with E-state index in [4.69, 9.17) is 0 Å². The van der Waals surface area contributed by atoms with E-state index in [-0.39, 0.29) is 0 Å². The third-order valence-corrected chi connectivity index (χ3v) is 3.73. The lowest BCUT2D eigenvalue weighted by atomic mass is 9.98. The molecule has 3 heteroatoms. The summed E-state index contributed by atoms with van der Waals surface area (Å²) in [7, 11) is 0. The average molecular weight is 277 g/mol. The third kappa shape index (κ3) is 2.14. The molecule has 0 unspecified atom stereocenters. The van der Waals surface area contributed by atoms with Crippen LogP contribution >= 0.6 is 12.6 Å². The fraction of sp³-hybridized carbons (Fsp3) is 0. The highest BCUT2D eigenvalue weighted by molar-refractivity contribution is 7.80. The van der Waals surface area contributed by atoms with E-state index in [9.17, 15) is 4.79 Å². The van der Waals surface area contributed by atoms with Crippen LogP contribution in [0.3, 0.4) is 0 Å². The first kappa shape index (κ1) is 12.7. The number of rotatable bonds is 2. The van der Waals surface area contributed by atoms with Gasteiger partial charge in [0.25, 0.3) is 0 Å². The predicted octanol–water partition coefficient (Wildman–Crippen LogP) is 4.76. The van der Waals surface area contributed by atoms with Crippen LogP contribution in [0.25, 0.3) is 21.9 Å². The van der Waals surface area contributed by atoms with E-state index in [1.165, 1.54) is 5.39 Å². The Labute approximate surface area is 122 Å². The lowest BCUT2D eigenvalue weighted by molar-refractivity contribution is 0.565. The molecule has 0 aliphatic rings. The van der Waals surface area contributed by atoms with Crippen molar-refractivity contribution in [1.29, 1.82) is 0 Å². The van der Waals surface area contributed by atoms with Gasteiger partial charge in [-0.05, 0) is 28.0 Å². The number of hydrogen-bond donors (Lipinski definition) is 1. The SMILES string of the molecule is O=C=Nc1cccc(-c2cccc3ccccc23)c1S. The summed E-state index contributed by atoms with van der Waals surface area (Å²) in [6.07, 6.45) is 1.57. The van der Waals surface area contributed by atoms with E-state index in [2.05, 4.69) is 35.8 Å². The summed E-state index contributed by atoms with van der Waals surface area (Å²) in [5.74, 6) is 0. The van der Waals surface area contributed by atoms with Gasteiger partial charge in [0.05, 0.1) is 5.69 Å². The van der Waals surface area contributed by atoms with Gasteiger partial charge in [0.2, 0.25) is 6.08 Å². The number of nitrogens with zero attached hydrogens (tertiary/aromatic N) is 1. The second-order valence-corrected chi connectivity index (χ2v) is 4.85. The Kier molecular flexibility index (Phi) is 3.38. The molecule has 0 N–H and O–H groups in total.